The molecule has 1 saturated carbocycles. The lowest BCUT2D eigenvalue weighted by Crippen LogP contribution is -2.41. The van der Waals surface area contributed by atoms with Gasteiger partial charge in [-0.25, -0.2) is 4.98 Å². The van der Waals surface area contributed by atoms with E-state index < -0.39 is 0 Å². The van der Waals surface area contributed by atoms with Crippen LogP contribution in [0.15, 0.2) is 0 Å². The number of nitrogens with one attached hydrogen (secondary N) is 1. The smallest absolute Gasteiger partial charge is 0.202 e. The maximum Gasteiger partial charge on any atom is 0.202 e. The van der Waals surface area contributed by atoms with Gasteiger partial charge in [0.1, 0.15) is 5.82 Å². The maximum atomic E-state index is 4.39. The van der Waals surface area contributed by atoms with Crippen molar-refractivity contribution in [2.45, 2.75) is 45.1 Å². The Balaban J connectivity index is 2.01. The topological polar surface area (TPSA) is 37.8 Å². The average Bonchev–Trinajstić information content (AvgIpc) is 2.49. The van der Waals surface area contributed by atoms with Crippen LogP contribution in [0.3, 0.4) is 0 Å². The average molecular weight is 197 g/mol. The third kappa shape index (κ3) is 1.82. The summed E-state index contributed by atoms with van der Waals surface area (Å²) in [6.07, 6.45) is 4.78. The van der Waals surface area contributed by atoms with E-state index in [2.05, 4.69) is 28.5 Å². The Kier molecular flexibility index (Phi) is 2.24. The van der Waals surface area contributed by atoms with Crippen LogP contribution in [0.4, 0.5) is 5.13 Å². The molecule has 4 heteroatoms. The highest BCUT2D eigenvalue weighted by atomic mass is 32.1. The molecule has 1 fully saturated rings. The summed E-state index contributed by atoms with van der Waals surface area (Å²) < 4.78 is 4.25. The van der Waals surface area contributed by atoms with Crippen molar-refractivity contribution >= 4 is 16.7 Å². The summed E-state index contributed by atoms with van der Waals surface area (Å²) in [7, 11) is 0. The Hall–Kier alpha value is -0.640. The molecule has 0 aromatic carbocycles. The van der Waals surface area contributed by atoms with E-state index in [1.54, 1.807) is 0 Å². The second-order valence-electron chi connectivity index (χ2n) is 3.91. The standard InChI is InChI=1S/C9H15N3S/c1-3-7-10-8(13-12-7)11-9(2)5-4-6-9/h3-6H2,1-2H3,(H,10,11,12). The van der Waals surface area contributed by atoms with E-state index in [-0.39, 0.29) is 0 Å². The van der Waals surface area contributed by atoms with Crippen molar-refractivity contribution in [1.29, 1.82) is 0 Å². The third-order valence-electron chi connectivity index (χ3n) is 2.65. The molecule has 0 bridgehead atoms. The van der Waals surface area contributed by atoms with Crippen molar-refractivity contribution < 1.29 is 0 Å². The lowest BCUT2D eigenvalue weighted by Gasteiger charge is -2.38. The van der Waals surface area contributed by atoms with Crippen molar-refractivity contribution in [2.75, 3.05) is 5.32 Å². The lowest BCUT2D eigenvalue weighted by molar-refractivity contribution is 0.306. The molecule has 3 nitrogen and oxygen atoms in total. The van der Waals surface area contributed by atoms with Gasteiger partial charge in [0.2, 0.25) is 5.13 Å². The van der Waals surface area contributed by atoms with Gasteiger partial charge in [0.15, 0.2) is 0 Å². The van der Waals surface area contributed by atoms with Crippen LogP contribution in [-0.4, -0.2) is 14.9 Å². The number of hydrogen-bond acceptors (Lipinski definition) is 4. The molecule has 1 heterocycles. The zero-order chi connectivity index (χ0) is 9.31. The summed E-state index contributed by atoms with van der Waals surface area (Å²) in [4.78, 5) is 4.39. The Morgan fingerprint density at radius 3 is 2.77 bits per heavy atom. The predicted octanol–water partition coefficient (Wildman–Crippen LogP) is 2.46. The fraction of sp³-hybridized carbons (Fsp3) is 0.778. The van der Waals surface area contributed by atoms with Gasteiger partial charge in [0.25, 0.3) is 0 Å². The third-order valence-corrected chi connectivity index (χ3v) is 3.32. The molecule has 72 valence electrons. The molecule has 0 radical (unpaired) electrons. The van der Waals surface area contributed by atoms with Crippen molar-refractivity contribution in [3.63, 3.8) is 0 Å². The summed E-state index contributed by atoms with van der Waals surface area (Å²) in [5, 5.41) is 4.44. The lowest BCUT2D eigenvalue weighted by atomic mass is 9.79. The van der Waals surface area contributed by atoms with E-state index in [4.69, 9.17) is 0 Å². The van der Waals surface area contributed by atoms with Gasteiger partial charge in [-0.15, -0.1) is 0 Å². The van der Waals surface area contributed by atoms with Crippen molar-refractivity contribution in [1.82, 2.24) is 9.36 Å². The maximum absolute atomic E-state index is 4.39. The molecule has 0 spiro atoms. The van der Waals surface area contributed by atoms with E-state index >= 15 is 0 Å². The number of aryl methyl sites for hydroxylation is 1. The van der Waals surface area contributed by atoms with Gasteiger partial charge >= 0.3 is 0 Å². The van der Waals surface area contributed by atoms with Gasteiger partial charge in [-0.05, 0) is 26.2 Å². The van der Waals surface area contributed by atoms with E-state index in [9.17, 15) is 0 Å². The normalized spacial score (nSPS) is 19.5. The van der Waals surface area contributed by atoms with Crippen molar-refractivity contribution in [2.24, 2.45) is 0 Å². The molecule has 0 atom stereocenters. The van der Waals surface area contributed by atoms with E-state index in [1.807, 2.05) is 0 Å². The highest BCUT2D eigenvalue weighted by Crippen LogP contribution is 2.34. The van der Waals surface area contributed by atoms with Gasteiger partial charge in [0.05, 0.1) is 0 Å². The molecule has 1 aliphatic rings. The van der Waals surface area contributed by atoms with Crippen LogP contribution in [0.5, 0.6) is 0 Å². The molecule has 0 unspecified atom stereocenters. The van der Waals surface area contributed by atoms with E-state index in [0.29, 0.717) is 5.54 Å². The molecule has 1 N–H and O–H groups in total. The minimum atomic E-state index is 0.296. The summed E-state index contributed by atoms with van der Waals surface area (Å²) in [5.74, 6) is 0.954. The summed E-state index contributed by atoms with van der Waals surface area (Å²) in [6.45, 7) is 4.33. The Bertz CT molecular complexity index is 291. The van der Waals surface area contributed by atoms with Crippen LogP contribution >= 0.6 is 11.5 Å². The molecule has 13 heavy (non-hydrogen) atoms. The summed E-state index contributed by atoms with van der Waals surface area (Å²) in [6, 6.07) is 0. The zero-order valence-electron chi connectivity index (χ0n) is 8.13. The number of nitrogens with zero attached hydrogens (tertiary/aromatic N) is 2. The first-order valence-corrected chi connectivity index (χ1v) is 5.60. The van der Waals surface area contributed by atoms with Crippen LogP contribution in [0.2, 0.25) is 0 Å². The molecule has 1 aromatic rings. The Morgan fingerprint density at radius 2 is 2.31 bits per heavy atom. The number of rotatable bonds is 3. The van der Waals surface area contributed by atoms with Gasteiger partial charge < -0.3 is 5.32 Å². The van der Waals surface area contributed by atoms with Gasteiger partial charge in [-0.3, -0.25) is 0 Å². The quantitative estimate of drug-likeness (QED) is 0.808. The number of anilines is 1. The molecule has 1 aromatic heterocycles. The molecule has 1 aliphatic carbocycles. The van der Waals surface area contributed by atoms with Crippen LogP contribution in [0.1, 0.15) is 38.9 Å². The predicted molar refractivity (Wildman–Crippen MR) is 55.2 cm³/mol. The number of aromatic nitrogens is 2. The first-order chi connectivity index (χ1) is 6.22. The summed E-state index contributed by atoms with van der Waals surface area (Å²) in [5.41, 5.74) is 0.296. The fourth-order valence-electron chi connectivity index (χ4n) is 1.54. The fourth-order valence-corrected chi connectivity index (χ4v) is 2.34. The SMILES string of the molecule is CCc1nsc(NC2(C)CCC2)n1. The first kappa shape index (κ1) is 8.94. The van der Waals surface area contributed by atoms with Crippen LogP contribution < -0.4 is 5.32 Å². The van der Waals surface area contributed by atoms with Crippen LogP contribution in [0, 0.1) is 0 Å². The van der Waals surface area contributed by atoms with Gasteiger partial charge in [-0.2, -0.15) is 4.37 Å². The van der Waals surface area contributed by atoms with Crippen LogP contribution in [-0.2, 0) is 6.42 Å². The van der Waals surface area contributed by atoms with Crippen molar-refractivity contribution in [3.05, 3.63) is 5.82 Å². The van der Waals surface area contributed by atoms with Gasteiger partial charge in [-0.1, -0.05) is 6.92 Å². The minimum absolute atomic E-state index is 0.296. The second-order valence-corrected chi connectivity index (χ2v) is 4.66. The van der Waals surface area contributed by atoms with E-state index in [0.717, 1.165) is 17.4 Å². The van der Waals surface area contributed by atoms with Gasteiger partial charge in [0, 0.05) is 23.5 Å². The zero-order valence-corrected chi connectivity index (χ0v) is 8.95. The van der Waals surface area contributed by atoms with Crippen LogP contribution in [0.25, 0.3) is 0 Å². The molecule has 2 rings (SSSR count). The highest BCUT2D eigenvalue weighted by molar-refractivity contribution is 7.09. The largest absolute Gasteiger partial charge is 0.355 e. The first-order valence-electron chi connectivity index (χ1n) is 4.83. The molecule has 0 saturated heterocycles. The molecule has 0 amide bonds. The number of hydrogen-bond donors (Lipinski definition) is 1. The van der Waals surface area contributed by atoms with Crippen molar-refractivity contribution in [3.8, 4) is 0 Å². The second kappa shape index (κ2) is 3.25. The molecular weight excluding hydrogens is 182 g/mol. The molecular formula is C9H15N3S. The highest BCUT2D eigenvalue weighted by Gasteiger charge is 2.32. The van der Waals surface area contributed by atoms with E-state index in [1.165, 1.54) is 30.8 Å². The minimum Gasteiger partial charge on any atom is -0.355 e. The Labute approximate surface area is 82.8 Å². The molecule has 0 aliphatic heterocycles. The Morgan fingerprint density at radius 1 is 1.54 bits per heavy atom. The monoisotopic (exact) mass is 197 g/mol. The summed E-state index contributed by atoms with van der Waals surface area (Å²) >= 11 is 1.48.